The van der Waals surface area contributed by atoms with Crippen LogP contribution in [0.25, 0.3) is 0 Å². The van der Waals surface area contributed by atoms with Gasteiger partial charge in [0.1, 0.15) is 17.1 Å². The lowest BCUT2D eigenvalue weighted by atomic mass is 9.90. The fourth-order valence-electron chi connectivity index (χ4n) is 3.14. The number of aryl methyl sites for hydroxylation is 1. The predicted molar refractivity (Wildman–Crippen MR) is 98.0 cm³/mol. The molecule has 3 rings (SSSR count). The molecule has 25 heavy (non-hydrogen) atoms. The van der Waals surface area contributed by atoms with Gasteiger partial charge >= 0.3 is 0 Å². The lowest BCUT2D eigenvalue weighted by Gasteiger charge is -2.37. The van der Waals surface area contributed by atoms with Gasteiger partial charge < -0.3 is 14.8 Å². The van der Waals surface area contributed by atoms with Crippen molar-refractivity contribution in [2.75, 3.05) is 6.61 Å². The van der Waals surface area contributed by atoms with Crippen LogP contribution in [-0.2, 0) is 11.2 Å². The summed E-state index contributed by atoms with van der Waals surface area (Å²) in [5.41, 5.74) is 1.95. The topological polar surface area (TPSA) is 47.6 Å². The van der Waals surface area contributed by atoms with Gasteiger partial charge in [0.05, 0.1) is 6.04 Å². The van der Waals surface area contributed by atoms with Gasteiger partial charge in [-0.25, -0.2) is 0 Å². The fraction of sp³-hybridized carbons (Fsp3) is 0.381. The summed E-state index contributed by atoms with van der Waals surface area (Å²) in [6.07, 6.45) is 1.71. The molecule has 4 heteroatoms. The minimum atomic E-state index is -0.316. The molecule has 0 fully saturated rings. The van der Waals surface area contributed by atoms with Crippen molar-refractivity contribution < 1.29 is 14.3 Å². The van der Waals surface area contributed by atoms with Crippen LogP contribution in [-0.4, -0.2) is 18.1 Å². The van der Waals surface area contributed by atoms with E-state index in [-0.39, 0.29) is 24.2 Å². The monoisotopic (exact) mass is 339 g/mol. The number of amides is 1. The van der Waals surface area contributed by atoms with Gasteiger partial charge in [0.25, 0.3) is 5.91 Å². The Labute approximate surface area is 149 Å². The minimum Gasteiger partial charge on any atom is -0.487 e. The third kappa shape index (κ3) is 4.32. The van der Waals surface area contributed by atoms with Gasteiger partial charge in [-0.05, 0) is 44.0 Å². The van der Waals surface area contributed by atoms with Crippen molar-refractivity contribution in [2.45, 2.75) is 45.3 Å². The molecule has 4 nitrogen and oxygen atoms in total. The molecule has 1 heterocycles. The summed E-state index contributed by atoms with van der Waals surface area (Å²) in [6, 6.07) is 15.6. The fourth-order valence-corrected chi connectivity index (χ4v) is 3.14. The van der Waals surface area contributed by atoms with E-state index in [0.29, 0.717) is 5.75 Å². The molecule has 0 saturated carbocycles. The molecule has 0 aromatic heterocycles. The Kier molecular flexibility index (Phi) is 4.98. The number of carbonyl (C=O) groups excluding carboxylic acids is 1. The Morgan fingerprint density at radius 2 is 1.92 bits per heavy atom. The highest BCUT2D eigenvalue weighted by atomic mass is 16.5. The molecule has 0 radical (unpaired) electrons. The second kappa shape index (κ2) is 7.18. The number of benzene rings is 2. The van der Waals surface area contributed by atoms with Crippen molar-refractivity contribution in [3.63, 3.8) is 0 Å². The smallest absolute Gasteiger partial charge is 0.258 e. The first kappa shape index (κ1) is 17.3. The van der Waals surface area contributed by atoms with Crippen LogP contribution in [0.4, 0.5) is 0 Å². The predicted octanol–water partition coefficient (Wildman–Crippen LogP) is 4.05. The highest BCUT2D eigenvalue weighted by molar-refractivity contribution is 5.78. The highest BCUT2D eigenvalue weighted by Crippen LogP contribution is 2.39. The average molecular weight is 339 g/mol. The van der Waals surface area contributed by atoms with E-state index in [2.05, 4.69) is 12.2 Å². The number of ether oxygens (including phenoxy) is 2. The largest absolute Gasteiger partial charge is 0.487 e. The third-order valence-corrected chi connectivity index (χ3v) is 4.41. The first-order valence-electron chi connectivity index (χ1n) is 8.76. The number of carbonyl (C=O) groups is 1. The number of fused-ring (bicyclic) bond motifs is 1. The van der Waals surface area contributed by atoms with Crippen molar-refractivity contribution in [3.05, 3.63) is 59.7 Å². The van der Waals surface area contributed by atoms with Gasteiger partial charge in [0.2, 0.25) is 0 Å². The van der Waals surface area contributed by atoms with E-state index in [4.69, 9.17) is 9.47 Å². The van der Waals surface area contributed by atoms with E-state index in [1.54, 1.807) is 0 Å². The summed E-state index contributed by atoms with van der Waals surface area (Å²) in [5.74, 6) is 1.41. The summed E-state index contributed by atoms with van der Waals surface area (Å²) in [6.45, 7) is 6.18. The Morgan fingerprint density at radius 1 is 1.20 bits per heavy atom. The van der Waals surface area contributed by atoms with Crippen LogP contribution >= 0.6 is 0 Å². The Bertz CT molecular complexity index is 737. The third-order valence-electron chi connectivity index (χ3n) is 4.41. The van der Waals surface area contributed by atoms with Crippen LogP contribution < -0.4 is 14.8 Å². The molecule has 0 saturated heterocycles. The number of para-hydroxylation sites is 1. The van der Waals surface area contributed by atoms with E-state index in [0.717, 1.165) is 24.2 Å². The maximum atomic E-state index is 12.4. The quantitative estimate of drug-likeness (QED) is 0.894. The number of hydrogen-bond acceptors (Lipinski definition) is 3. The van der Waals surface area contributed by atoms with Crippen molar-refractivity contribution in [3.8, 4) is 11.5 Å². The van der Waals surface area contributed by atoms with Gasteiger partial charge in [-0.2, -0.15) is 0 Å². The Morgan fingerprint density at radius 3 is 2.64 bits per heavy atom. The van der Waals surface area contributed by atoms with Gasteiger partial charge in [0.15, 0.2) is 6.61 Å². The first-order chi connectivity index (χ1) is 12.0. The van der Waals surface area contributed by atoms with Gasteiger partial charge in [-0.1, -0.05) is 37.3 Å². The average Bonchev–Trinajstić information content (AvgIpc) is 2.59. The van der Waals surface area contributed by atoms with E-state index in [9.17, 15) is 4.79 Å². The molecule has 132 valence electrons. The van der Waals surface area contributed by atoms with E-state index in [1.165, 1.54) is 5.56 Å². The zero-order valence-corrected chi connectivity index (χ0v) is 15.0. The van der Waals surface area contributed by atoms with Crippen LogP contribution in [0.5, 0.6) is 11.5 Å². The molecule has 1 N–H and O–H groups in total. The SMILES string of the molecule is CCc1ccc(OCC(=O)NC2CC(C)(C)Oc3ccccc32)cc1. The van der Waals surface area contributed by atoms with Crippen molar-refractivity contribution in [1.29, 1.82) is 0 Å². The molecule has 2 aromatic rings. The van der Waals surface area contributed by atoms with Crippen molar-refractivity contribution in [1.82, 2.24) is 5.32 Å². The van der Waals surface area contributed by atoms with E-state index in [1.807, 2.05) is 62.4 Å². The molecular weight excluding hydrogens is 314 g/mol. The number of hydrogen-bond donors (Lipinski definition) is 1. The zero-order valence-electron chi connectivity index (χ0n) is 15.0. The normalized spacial score (nSPS) is 18.0. The number of rotatable bonds is 5. The maximum absolute atomic E-state index is 12.4. The molecular formula is C21H25NO3. The Balaban J connectivity index is 1.62. The minimum absolute atomic E-state index is 0.00538. The van der Waals surface area contributed by atoms with Crippen LogP contribution in [0, 0.1) is 0 Å². The van der Waals surface area contributed by atoms with Gasteiger partial charge in [-0.15, -0.1) is 0 Å². The molecule has 0 aliphatic carbocycles. The van der Waals surface area contributed by atoms with Crippen LogP contribution in [0.1, 0.15) is 44.4 Å². The second-order valence-electron chi connectivity index (χ2n) is 7.01. The highest BCUT2D eigenvalue weighted by Gasteiger charge is 2.34. The molecule has 0 spiro atoms. The zero-order chi connectivity index (χ0) is 17.9. The van der Waals surface area contributed by atoms with Gasteiger partial charge in [-0.3, -0.25) is 4.79 Å². The van der Waals surface area contributed by atoms with Crippen molar-refractivity contribution >= 4 is 5.91 Å². The summed E-state index contributed by atoms with van der Waals surface area (Å²) >= 11 is 0. The molecule has 1 atom stereocenters. The molecule has 1 unspecified atom stereocenters. The summed E-state index contributed by atoms with van der Waals surface area (Å²) in [4.78, 5) is 12.4. The molecule has 2 aromatic carbocycles. The summed E-state index contributed by atoms with van der Waals surface area (Å²) in [5, 5.41) is 3.08. The second-order valence-corrected chi connectivity index (χ2v) is 7.01. The maximum Gasteiger partial charge on any atom is 0.258 e. The van der Waals surface area contributed by atoms with Crippen LogP contribution in [0.2, 0.25) is 0 Å². The first-order valence-corrected chi connectivity index (χ1v) is 8.76. The van der Waals surface area contributed by atoms with E-state index < -0.39 is 0 Å². The lowest BCUT2D eigenvalue weighted by molar-refractivity contribution is -0.124. The van der Waals surface area contributed by atoms with Crippen molar-refractivity contribution in [2.24, 2.45) is 0 Å². The lowest BCUT2D eigenvalue weighted by Crippen LogP contribution is -2.42. The molecule has 1 aliphatic heterocycles. The summed E-state index contributed by atoms with van der Waals surface area (Å²) < 4.78 is 11.6. The standard InChI is InChI=1S/C21H25NO3/c1-4-15-9-11-16(12-10-15)24-14-20(23)22-18-13-21(2,3)25-19-8-6-5-7-17(18)19/h5-12,18H,4,13-14H2,1-3H3,(H,22,23). The summed E-state index contributed by atoms with van der Waals surface area (Å²) in [7, 11) is 0. The Hall–Kier alpha value is -2.49. The van der Waals surface area contributed by atoms with Gasteiger partial charge in [0, 0.05) is 12.0 Å². The van der Waals surface area contributed by atoms with E-state index >= 15 is 0 Å². The number of nitrogens with one attached hydrogen (secondary N) is 1. The molecule has 1 amide bonds. The molecule has 1 aliphatic rings. The molecule has 0 bridgehead atoms. The van der Waals surface area contributed by atoms with Crippen LogP contribution in [0.15, 0.2) is 48.5 Å². The van der Waals surface area contributed by atoms with Crippen LogP contribution in [0.3, 0.4) is 0 Å².